The lowest BCUT2D eigenvalue weighted by Crippen LogP contribution is -2.86. The SMILES string of the molecule is CC(C)c1cccc(C(C)C)c1-n1ccn(-c2c(C(C)C)cccc2C(C)C)c1=N[Si][Si]([Si](C)(C)C)([Si](C)(C)C)[Si](C)(C)C. The van der Waals surface area contributed by atoms with E-state index in [-0.39, 0.29) is 0 Å². The van der Waals surface area contributed by atoms with Crippen LogP contribution < -0.4 is 5.62 Å². The summed E-state index contributed by atoms with van der Waals surface area (Å²) in [5, 5.41) is 0. The fraction of sp³-hybridized carbons (Fsp3) is 0.583. The Hall–Kier alpha value is -1.47. The standard InChI is InChI=1S/C36H63N3Si5/c1-26(2)30-20-18-21-31(27(3)4)34(30)38-24-25-39(35-32(28(5)6)22-19-23-33(35)29(7)8)36(38)37-40-44(41(9,10)11,42(12,13)14)43(15,16)17/h18-29H,1-17H3. The molecule has 3 aromatic rings. The number of hydrogen-bond donors (Lipinski definition) is 0. The van der Waals surface area contributed by atoms with Gasteiger partial charge in [0, 0.05) is 35.2 Å². The highest BCUT2D eigenvalue weighted by molar-refractivity contribution is 8.01. The van der Waals surface area contributed by atoms with Crippen molar-refractivity contribution >= 4 is 38.1 Å². The number of rotatable bonds is 11. The van der Waals surface area contributed by atoms with Gasteiger partial charge < -0.3 is 0 Å². The van der Waals surface area contributed by atoms with Gasteiger partial charge in [0.25, 0.3) is 0 Å². The van der Waals surface area contributed by atoms with Gasteiger partial charge in [-0.2, -0.15) is 0 Å². The zero-order valence-corrected chi connectivity index (χ0v) is 36.3. The maximum Gasteiger partial charge on any atom is 0.204 e. The van der Waals surface area contributed by atoms with E-state index in [4.69, 9.17) is 4.66 Å². The largest absolute Gasteiger partial charge is 0.298 e. The summed E-state index contributed by atoms with van der Waals surface area (Å²) in [5.74, 6) is 1.68. The van der Waals surface area contributed by atoms with E-state index in [1.165, 1.54) is 33.6 Å². The Morgan fingerprint density at radius 1 is 0.500 bits per heavy atom. The molecule has 0 saturated carbocycles. The molecule has 0 aliphatic rings. The van der Waals surface area contributed by atoms with Crippen LogP contribution in [0.2, 0.25) is 58.9 Å². The molecule has 0 unspecified atom stereocenters. The Labute approximate surface area is 276 Å². The summed E-state index contributed by atoms with van der Waals surface area (Å²) in [6.45, 7) is 43.0. The molecule has 3 nitrogen and oxygen atoms in total. The van der Waals surface area contributed by atoms with Crippen molar-refractivity contribution in [3.05, 3.63) is 76.7 Å². The van der Waals surface area contributed by atoms with Gasteiger partial charge in [0.05, 0.1) is 17.5 Å². The normalized spacial score (nSPS) is 13.6. The molecule has 242 valence electrons. The topological polar surface area (TPSA) is 22.2 Å². The fourth-order valence-electron chi connectivity index (χ4n) is 8.43. The van der Waals surface area contributed by atoms with Gasteiger partial charge in [-0.15, -0.1) is 0 Å². The number of nitrogens with zero attached hydrogens (tertiary/aromatic N) is 3. The minimum Gasteiger partial charge on any atom is -0.298 e. The van der Waals surface area contributed by atoms with Crippen molar-refractivity contribution in [1.29, 1.82) is 0 Å². The molecule has 0 atom stereocenters. The quantitative estimate of drug-likeness (QED) is 0.180. The second kappa shape index (κ2) is 13.3. The highest BCUT2D eigenvalue weighted by Crippen LogP contribution is 2.37. The first kappa shape index (κ1) is 37.0. The average Bonchev–Trinajstić information content (AvgIpc) is 3.28. The van der Waals surface area contributed by atoms with Crippen molar-refractivity contribution < 1.29 is 0 Å². The van der Waals surface area contributed by atoms with Crippen LogP contribution in [0.25, 0.3) is 11.4 Å². The van der Waals surface area contributed by atoms with E-state index < -0.39 is 28.9 Å². The molecule has 1 heterocycles. The van der Waals surface area contributed by atoms with Crippen LogP contribution >= 0.6 is 0 Å². The van der Waals surface area contributed by atoms with E-state index in [0.717, 1.165) is 5.62 Å². The number of para-hydroxylation sites is 2. The third-order valence-corrected chi connectivity index (χ3v) is 102. The van der Waals surface area contributed by atoms with E-state index in [2.05, 4.69) is 172 Å². The summed E-state index contributed by atoms with van der Waals surface area (Å²) in [6, 6.07) is 13.9. The van der Waals surface area contributed by atoms with Crippen molar-refractivity contribution in [2.24, 2.45) is 4.66 Å². The highest BCUT2D eigenvalue weighted by Gasteiger charge is 2.62. The van der Waals surface area contributed by atoms with Gasteiger partial charge in [0.15, 0.2) is 9.20 Å². The second-order valence-electron chi connectivity index (χ2n) is 17.3. The third-order valence-electron chi connectivity index (χ3n) is 9.66. The van der Waals surface area contributed by atoms with E-state index in [1.807, 2.05) is 0 Å². The van der Waals surface area contributed by atoms with Crippen molar-refractivity contribution in [3.63, 3.8) is 0 Å². The van der Waals surface area contributed by atoms with E-state index in [0.29, 0.717) is 32.9 Å². The molecule has 0 aliphatic carbocycles. The predicted molar refractivity (Wildman–Crippen MR) is 209 cm³/mol. The lowest BCUT2D eigenvalue weighted by atomic mass is 9.92. The maximum absolute atomic E-state index is 6.01. The van der Waals surface area contributed by atoms with Crippen LogP contribution in [-0.4, -0.2) is 47.3 Å². The molecule has 2 radical (unpaired) electrons. The van der Waals surface area contributed by atoms with E-state index >= 15 is 0 Å². The summed E-state index contributed by atoms with van der Waals surface area (Å²) in [7, 11) is -3.76. The number of aromatic nitrogens is 2. The fourth-order valence-corrected chi connectivity index (χ4v) is 112. The Bertz CT molecular complexity index is 1330. The smallest absolute Gasteiger partial charge is 0.204 e. The molecule has 0 spiro atoms. The summed E-state index contributed by atoms with van der Waals surface area (Å²) >= 11 is 0. The van der Waals surface area contributed by atoms with Gasteiger partial charge in [0.2, 0.25) is 5.62 Å². The summed E-state index contributed by atoms with van der Waals surface area (Å²) < 4.78 is 11.0. The molecule has 0 bridgehead atoms. The average molecular weight is 678 g/mol. The molecule has 2 aromatic carbocycles. The monoisotopic (exact) mass is 677 g/mol. The van der Waals surface area contributed by atoms with E-state index in [1.54, 1.807) is 0 Å². The van der Waals surface area contributed by atoms with Crippen molar-refractivity contribution in [3.8, 4) is 11.4 Å². The molecular weight excluding hydrogens is 615 g/mol. The highest BCUT2D eigenvalue weighted by atomic mass is 30.2. The summed E-state index contributed by atoms with van der Waals surface area (Å²) in [5.41, 5.74) is 9.43. The Balaban J connectivity index is 2.63. The molecule has 1 aromatic heterocycles. The van der Waals surface area contributed by atoms with Gasteiger partial charge in [0.1, 0.15) is 0 Å². The Morgan fingerprint density at radius 2 is 0.773 bits per heavy atom. The molecule has 44 heavy (non-hydrogen) atoms. The zero-order valence-electron chi connectivity index (χ0n) is 31.3. The van der Waals surface area contributed by atoms with Crippen molar-refractivity contribution in [2.75, 3.05) is 0 Å². The first-order valence-corrected chi connectivity index (χ1v) is 34.4. The van der Waals surface area contributed by atoms with Crippen LogP contribution in [-0.2, 0) is 0 Å². The predicted octanol–water partition coefficient (Wildman–Crippen LogP) is 10.5. The van der Waals surface area contributed by atoms with Gasteiger partial charge >= 0.3 is 0 Å². The van der Waals surface area contributed by atoms with Crippen LogP contribution in [0.15, 0.2) is 53.4 Å². The minimum absolute atomic E-state index is 0.420. The number of benzene rings is 2. The van der Waals surface area contributed by atoms with E-state index in [9.17, 15) is 0 Å². The van der Waals surface area contributed by atoms with Crippen molar-refractivity contribution in [2.45, 2.75) is 138 Å². The van der Waals surface area contributed by atoms with Gasteiger partial charge in [-0.3, -0.25) is 13.8 Å². The van der Waals surface area contributed by atoms with Gasteiger partial charge in [-0.25, -0.2) is 0 Å². The van der Waals surface area contributed by atoms with Gasteiger partial charge in [-0.1, -0.05) is 151 Å². The summed E-state index contributed by atoms with van der Waals surface area (Å²) in [6.07, 6.45) is 2.97. The van der Waals surface area contributed by atoms with Crippen molar-refractivity contribution in [1.82, 2.24) is 9.13 Å². The molecule has 0 amide bonds. The molecule has 0 saturated heterocycles. The minimum atomic E-state index is -1.69. The van der Waals surface area contributed by atoms with Crippen LogP contribution in [0.1, 0.15) is 101 Å². The first-order valence-electron chi connectivity index (χ1n) is 17.0. The number of hydrogen-bond acceptors (Lipinski definition) is 1. The Morgan fingerprint density at radius 3 is 1.00 bits per heavy atom. The Kier molecular flexibility index (Phi) is 11.2. The molecule has 0 fully saturated rings. The first-order chi connectivity index (χ1) is 20.1. The van der Waals surface area contributed by atoms with Crippen LogP contribution in [0, 0.1) is 0 Å². The zero-order chi connectivity index (χ0) is 33.6. The molecule has 8 heteroatoms. The molecule has 0 N–H and O–H groups in total. The van der Waals surface area contributed by atoms with Gasteiger partial charge in [-0.05, 0) is 45.9 Å². The molecule has 0 aliphatic heterocycles. The molecular formula is C36H63N3Si5. The second-order valence-corrected chi connectivity index (χ2v) is 64.9. The lowest BCUT2D eigenvalue weighted by molar-refractivity contribution is 0.765. The summed E-state index contributed by atoms with van der Waals surface area (Å²) in [4.78, 5) is 0. The third kappa shape index (κ3) is 6.80. The van der Waals surface area contributed by atoms with Crippen LogP contribution in [0.5, 0.6) is 0 Å². The van der Waals surface area contributed by atoms with Crippen LogP contribution in [0.3, 0.4) is 0 Å². The molecule has 3 rings (SSSR count). The number of imidazole rings is 1. The lowest BCUT2D eigenvalue weighted by Gasteiger charge is -2.55. The van der Waals surface area contributed by atoms with Crippen LogP contribution in [0.4, 0.5) is 0 Å². The maximum atomic E-state index is 6.01.